The highest BCUT2D eigenvalue weighted by Crippen LogP contribution is 2.36. The molecule has 0 bridgehead atoms. The number of phenols is 2. The van der Waals surface area contributed by atoms with E-state index < -0.39 is 0 Å². The fraction of sp³-hybridized carbons (Fsp3) is 0.316. The van der Waals surface area contributed by atoms with Crippen molar-refractivity contribution >= 4 is 5.97 Å². The van der Waals surface area contributed by atoms with Gasteiger partial charge in [-0.15, -0.1) is 0 Å². The zero-order chi connectivity index (χ0) is 17.4. The molecule has 2 heterocycles. The molecule has 2 aliphatic heterocycles. The Morgan fingerprint density at radius 2 is 1.64 bits per heavy atom. The lowest BCUT2D eigenvalue weighted by Crippen LogP contribution is -2.20. The molecule has 0 unspecified atom stereocenters. The molecule has 0 spiro atoms. The first-order valence-electron chi connectivity index (χ1n) is 8.16. The van der Waals surface area contributed by atoms with Crippen LogP contribution in [-0.4, -0.2) is 29.6 Å². The first-order chi connectivity index (χ1) is 12.1. The molecule has 6 heteroatoms. The summed E-state index contributed by atoms with van der Waals surface area (Å²) in [6.45, 7) is 0.610. The Morgan fingerprint density at radius 1 is 0.880 bits per heavy atom. The SMILES string of the molecule is O=C1OC[C@H](Cc2ccc3c(c2)OCO3)[C@H]1Cc1ccc(O)c(O)c1. The zero-order valence-electron chi connectivity index (χ0n) is 13.5. The van der Waals surface area contributed by atoms with Gasteiger partial charge in [-0.1, -0.05) is 12.1 Å². The highest BCUT2D eigenvalue weighted by molar-refractivity contribution is 5.75. The van der Waals surface area contributed by atoms with Gasteiger partial charge in [0.05, 0.1) is 12.5 Å². The summed E-state index contributed by atoms with van der Waals surface area (Å²) >= 11 is 0. The van der Waals surface area contributed by atoms with Crippen molar-refractivity contribution in [3.05, 3.63) is 47.5 Å². The standard InChI is InChI=1S/C19H18O6/c20-15-3-1-12(7-16(15)21)6-14-13(9-23-19(14)22)5-11-2-4-17-18(8-11)25-10-24-17/h1-4,7-8,13-14,20-21H,5-6,9-10H2/t13-,14+/m0/s1. The Morgan fingerprint density at radius 3 is 2.48 bits per heavy atom. The molecule has 0 amide bonds. The van der Waals surface area contributed by atoms with Crippen molar-refractivity contribution in [3.63, 3.8) is 0 Å². The van der Waals surface area contributed by atoms with Gasteiger partial charge in [-0.05, 0) is 48.2 Å². The van der Waals surface area contributed by atoms with Gasteiger partial charge < -0.3 is 24.4 Å². The van der Waals surface area contributed by atoms with Crippen LogP contribution in [0.1, 0.15) is 11.1 Å². The minimum Gasteiger partial charge on any atom is -0.504 e. The summed E-state index contributed by atoms with van der Waals surface area (Å²) in [5.74, 6) is 0.642. The third kappa shape index (κ3) is 3.07. The van der Waals surface area contributed by atoms with Gasteiger partial charge in [0.15, 0.2) is 23.0 Å². The average molecular weight is 342 g/mol. The van der Waals surface area contributed by atoms with Gasteiger partial charge in [-0.25, -0.2) is 0 Å². The van der Waals surface area contributed by atoms with Crippen molar-refractivity contribution in [3.8, 4) is 23.0 Å². The lowest BCUT2D eigenvalue weighted by Gasteiger charge is -2.16. The molecule has 0 aliphatic carbocycles. The molecule has 6 nitrogen and oxygen atoms in total. The van der Waals surface area contributed by atoms with E-state index in [1.807, 2.05) is 18.2 Å². The van der Waals surface area contributed by atoms with E-state index in [9.17, 15) is 15.0 Å². The highest BCUT2D eigenvalue weighted by Gasteiger charge is 2.37. The van der Waals surface area contributed by atoms with Gasteiger partial charge in [-0.2, -0.15) is 0 Å². The lowest BCUT2D eigenvalue weighted by atomic mass is 9.85. The number of benzene rings is 2. The molecular formula is C19H18O6. The molecule has 0 aromatic heterocycles. The predicted molar refractivity (Wildman–Crippen MR) is 87.7 cm³/mol. The molecule has 2 N–H and O–H groups in total. The molecule has 1 fully saturated rings. The minimum atomic E-state index is -0.283. The van der Waals surface area contributed by atoms with Crippen LogP contribution in [0.25, 0.3) is 0 Å². The van der Waals surface area contributed by atoms with Gasteiger partial charge in [0.2, 0.25) is 6.79 Å². The second kappa shape index (κ2) is 6.20. The molecule has 0 radical (unpaired) electrons. The van der Waals surface area contributed by atoms with E-state index in [0.29, 0.717) is 19.4 Å². The average Bonchev–Trinajstić information content (AvgIpc) is 3.19. The van der Waals surface area contributed by atoms with E-state index in [1.54, 1.807) is 6.07 Å². The fourth-order valence-corrected chi connectivity index (χ4v) is 3.38. The monoisotopic (exact) mass is 342 g/mol. The minimum absolute atomic E-state index is 0.0452. The smallest absolute Gasteiger partial charge is 0.309 e. The molecule has 2 aromatic rings. The summed E-state index contributed by atoms with van der Waals surface area (Å²) in [5, 5.41) is 19.1. The first-order valence-corrected chi connectivity index (χ1v) is 8.16. The maximum atomic E-state index is 12.1. The van der Waals surface area contributed by atoms with E-state index >= 15 is 0 Å². The lowest BCUT2D eigenvalue weighted by molar-refractivity contribution is -0.141. The van der Waals surface area contributed by atoms with Crippen molar-refractivity contribution in [2.45, 2.75) is 12.8 Å². The Hall–Kier alpha value is -2.89. The number of rotatable bonds is 4. The predicted octanol–water partition coefficient (Wildman–Crippen LogP) is 2.40. The van der Waals surface area contributed by atoms with Crippen LogP contribution in [0.4, 0.5) is 0 Å². The highest BCUT2D eigenvalue weighted by atomic mass is 16.7. The molecule has 130 valence electrons. The van der Waals surface area contributed by atoms with E-state index in [1.165, 1.54) is 12.1 Å². The number of cyclic esters (lactones) is 1. The Kier molecular flexibility index (Phi) is 3.87. The van der Waals surface area contributed by atoms with Crippen molar-refractivity contribution in [2.24, 2.45) is 11.8 Å². The summed E-state index contributed by atoms with van der Waals surface area (Å²) in [4.78, 5) is 12.1. The van der Waals surface area contributed by atoms with Gasteiger partial charge in [0, 0.05) is 5.92 Å². The summed E-state index contributed by atoms with van der Waals surface area (Å²) in [7, 11) is 0. The quantitative estimate of drug-likeness (QED) is 0.656. The molecule has 2 aromatic carbocycles. The zero-order valence-corrected chi connectivity index (χ0v) is 13.5. The molecule has 1 saturated heterocycles. The number of hydrogen-bond acceptors (Lipinski definition) is 6. The van der Waals surface area contributed by atoms with Crippen LogP contribution in [0.3, 0.4) is 0 Å². The second-order valence-corrected chi connectivity index (χ2v) is 6.42. The Labute approximate surface area is 144 Å². The van der Waals surface area contributed by atoms with E-state index in [2.05, 4.69) is 0 Å². The van der Waals surface area contributed by atoms with Crippen LogP contribution in [0.5, 0.6) is 23.0 Å². The van der Waals surface area contributed by atoms with Crippen LogP contribution in [-0.2, 0) is 22.4 Å². The maximum absolute atomic E-state index is 12.1. The normalized spacial score (nSPS) is 21.4. The Bertz CT molecular complexity index is 816. The number of carbonyl (C=O) groups excluding carboxylic acids is 1. The molecule has 0 saturated carbocycles. The van der Waals surface area contributed by atoms with Gasteiger partial charge >= 0.3 is 5.97 Å². The maximum Gasteiger partial charge on any atom is 0.309 e. The molecular weight excluding hydrogens is 324 g/mol. The topological polar surface area (TPSA) is 85.2 Å². The first kappa shape index (κ1) is 15.6. The van der Waals surface area contributed by atoms with E-state index in [-0.39, 0.29) is 36.1 Å². The van der Waals surface area contributed by atoms with Crippen LogP contribution < -0.4 is 9.47 Å². The number of aromatic hydroxyl groups is 2. The van der Waals surface area contributed by atoms with E-state index in [4.69, 9.17) is 14.2 Å². The summed E-state index contributed by atoms with van der Waals surface area (Å²) < 4.78 is 16.0. The summed E-state index contributed by atoms with van der Waals surface area (Å²) in [6, 6.07) is 10.4. The second-order valence-electron chi connectivity index (χ2n) is 6.42. The number of carbonyl (C=O) groups is 1. The number of hydrogen-bond donors (Lipinski definition) is 2. The van der Waals surface area contributed by atoms with Gasteiger partial charge in [0.1, 0.15) is 0 Å². The molecule has 25 heavy (non-hydrogen) atoms. The van der Waals surface area contributed by atoms with Crippen LogP contribution >= 0.6 is 0 Å². The van der Waals surface area contributed by atoms with Crippen LogP contribution in [0, 0.1) is 11.8 Å². The van der Waals surface area contributed by atoms with Crippen molar-refractivity contribution in [1.29, 1.82) is 0 Å². The van der Waals surface area contributed by atoms with Crippen molar-refractivity contribution < 1.29 is 29.2 Å². The number of fused-ring (bicyclic) bond motifs is 1. The van der Waals surface area contributed by atoms with Crippen molar-refractivity contribution in [1.82, 2.24) is 0 Å². The largest absolute Gasteiger partial charge is 0.504 e. The fourth-order valence-electron chi connectivity index (χ4n) is 3.38. The number of ether oxygens (including phenoxy) is 3. The molecule has 4 rings (SSSR count). The number of phenolic OH excluding ortho intramolecular Hbond substituents is 2. The third-order valence-electron chi connectivity index (χ3n) is 4.74. The summed E-state index contributed by atoms with van der Waals surface area (Å²) in [6.07, 6.45) is 1.15. The molecule has 2 atom stereocenters. The van der Waals surface area contributed by atoms with Crippen LogP contribution in [0.15, 0.2) is 36.4 Å². The van der Waals surface area contributed by atoms with E-state index in [0.717, 1.165) is 22.6 Å². The molecule has 2 aliphatic rings. The summed E-state index contributed by atoms with van der Waals surface area (Å²) in [5.41, 5.74) is 1.85. The van der Waals surface area contributed by atoms with Crippen molar-refractivity contribution in [2.75, 3.05) is 13.4 Å². The van der Waals surface area contributed by atoms with Crippen LogP contribution in [0.2, 0.25) is 0 Å². The van der Waals surface area contributed by atoms with Gasteiger partial charge in [0.25, 0.3) is 0 Å². The Balaban J connectivity index is 1.50. The number of esters is 1. The van der Waals surface area contributed by atoms with Gasteiger partial charge in [-0.3, -0.25) is 4.79 Å². The third-order valence-corrected chi connectivity index (χ3v) is 4.74.